The molecule has 3 aliphatic rings. The summed E-state index contributed by atoms with van der Waals surface area (Å²) in [5.74, 6) is 0.115. The summed E-state index contributed by atoms with van der Waals surface area (Å²) in [6.45, 7) is 4.70. The van der Waals surface area contributed by atoms with Crippen LogP contribution in [-0.4, -0.2) is 76.0 Å². The predicted octanol–water partition coefficient (Wildman–Crippen LogP) is 1.47. The number of nitrogens with zero attached hydrogens (tertiary/aromatic N) is 3. The highest BCUT2D eigenvalue weighted by atomic mass is 32.2. The number of rotatable bonds is 4. The molecular formula is C20H29N3O4S. The van der Waals surface area contributed by atoms with Gasteiger partial charge < -0.3 is 9.64 Å². The van der Waals surface area contributed by atoms with Crippen LogP contribution < -0.4 is 4.90 Å². The molecule has 0 aliphatic carbocycles. The fourth-order valence-corrected chi connectivity index (χ4v) is 5.76. The number of likely N-dealkylation sites (tertiary alicyclic amines) is 1. The molecule has 0 aromatic heterocycles. The highest BCUT2D eigenvalue weighted by molar-refractivity contribution is 7.89. The molecule has 3 aliphatic heterocycles. The lowest BCUT2D eigenvalue weighted by molar-refractivity contribution is -0.119. The lowest BCUT2D eigenvalue weighted by Crippen LogP contribution is -2.40. The van der Waals surface area contributed by atoms with Gasteiger partial charge in [0, 0.05) is 25.3 Å². The molecule has 0 saturated carbocycles. The molecule has 0 spiro atoms. The minimum atomic E-state index is -3.51. The summed E-state index contributed by atoms with van der Waals surface area (Å²) in [5.41, 5.74) is 1.80. The highest BCUT2D eigenvalue weighted by Crippen LogP contribution is 2.31. The van der Waals surface area contributed by atoms with Crippen LogP contribution in [0.15, 0.2) is 23.1 Å². The molecule has 2 fully saturated rings. The van der Waals surface area contributed by atoms with Crippen LogP contribution in [0.1, 0.15) is 31.2 Å². The van der Waals surface area contributed by atoms with Gasteiger partial charge in [0.25, 0.3) is 0 Å². The molecule has 0 bridgehead atoms. The first-order valence-electron chi connectivity index (χ1n) is 10.3. The largest absolute Gasteiger partial charge is 0.379 e. The van der Waals surface area contributed by atoms with Crippen molar-refractivity contribution >= 4 is 21.6 Å². The summed E-state index contributed by atoms with van der Waals surface area (Å²) >= 11 is 0. The first kappa shape index (κ1) is 19.8. The first-order chi connectivity index (χ1) is 13.6. The molecule has 1 amide bonds. The van der Waals surface area contributed by atoms with Crippen LogP contribution in [-0.2, 0) is 26.0 Å². The molecule has 2 saturated heterocycles. The molecule has 1 aromatic carbocycles. The number of carbonyl (C=O) groups is 1. The van der Waals surface area contributed by atoms with Gasteiger partial charge in [-0.3, -0.25) is 9.69 Å². The number of benzene rings is 1. The van der Waals surface area contributed by atoms with Crippen molar-refractivity contribution in [3.05, 3.63) is 23.8 Å². The molecule has 0 radical (unpaired) electrons. The highest BCUT2D eigenvalue weighted by Gasteiger charge is 2.30. The van der Waals surface area contributed by atoms with E-state index in [4.69, 9.17) is 4.74 Å². The summed E-state index contributed by atoms with van der Waals surface area (Å²) in [4.78, 5) is 17.3. The van der Waals surface area contributed by atoms with Gasteiger partial charge in [-0.05, 0) is 56.1 Å². The number of amides is 1. The van der Waals surface area contributed by atoms with Gasteiger partial charge in [-0.2, -0.15) is 4.31 Å². The number of morpholine rings is 1. The molecule has 1 aromatic rings. The molecule has 154 valence electrons. The van der Waals surface area contributed by atoms with Crippen LogP contribution in [0.5, 0.6) is 0 Å². The topological polar surface area (TPSA) is 70.2 Å². The van der Waals surface area contributed by atoms with Crippen molar-refractivity contribution < 1.29 is 17.9 Å². The summed E-state index contributed by atoms with van der Waals surface area (Å²) in [5, 5.41) is 0. The quantitative estimate of drug-likeness (QED) is 0.756. The Kier molecular flexibility index (Phi) is 6.01. The van der Waals surface area contributed by atoms with Gasteiger partial charge in [0.15, 0.2) is 0 Å². The normalized spacial score (nSPS) is 22.1. The van der Waals surface area contributed by atoms with E-state index in [1.54, 1.807) is 18.2 Å². The minimum absolute atomic E-state index is 0.115. The molecule has 28 heavy (non-hydrogen) atoms. The maximum Gasteiger partial charge on any atom is 0.243 e. The molecule has 3 heterocycles. The van der Waals surface area contributed by atoms with Gasteiger partial charge in [0.1, 0.15) is 0 Å². The number of hydrogen-bond acceptors (Lipinski definition) is 5. The predicted molar refractivity (Wildman–Crippen MR) is 107 cm³/mol. The van der Waals surface area contributed by atoms with Gasteiger partial charge in [-0.25, -0.2) is 8.42 Å². The van der Waals surface area contributed by atoms with Gasteiger partial charge in [0.2, 0.25) is 15.9 Å². The van der Waals surface area contributed by atoms with E-state index in [1.807, 2.05) is 4.90 Å². The van der Waals surface area contributed by atoms with Crippen LogP contribution in [0.25, 0.3) is 0 Å². The third-order valence-electron chi connectivity index (χ3n) is 5.91. The van der Waals surface area contributed by atoms with E-state index in [0.717, 1.165) is 37.2 Å². The number of ether oxygens (including phenoxy) is 1. The average molecular weight is 408 g/mol. The van der Waals surface area contributed by atoms with Gasteiger partial charge >= 0.3 is 0 Å². The molecule has 7 nitrogen and oxygen atoms in total. The Bertz CT molecular complexity index is 813. The van der Waals surface area contributed by atoms with Crippen molar-refractivity contribution in [2.75, 3.05) is 57.4 Å². The maximum atomic E-state index is 12.9. The number of sulfonamides is 1. The standard InChI is InChI=1S/C20H29N3O4S/c24-20(16-21-8-3-1-2-4-9-21)23-10-7-17-15-18(5-6-19(17)23)28(25,26)22-11-13-27-14-12-22/h5-6,15H,1-4,7-14,16H2. The Balaban J connectivity index is 1.47. The van der Waals surface area contributed by atoms with Crippen molar-refractivity contribution in [3.8, 4) is 0 Å². The number of fused-ring (bicyclic) bond motifs is 1. The zero-order valence-corrected chi connectivity index (χ0v) is 17.1. The smallest absolute Gasteiger partial charge is 0.243 e. The van der Waals surface area contributed by atoms with Crippen molar-refractivity contribution in [1.29, 1.82) is 0 Å². The van der Waals surface area contributed by atoms with Crippen molar-refractivity contribution in [1.82, 2.24) is 9.21 Å². The SMILES string of the molecule is O=C(CN1CCCCCC1)N1CCc2cc(S(=O)(=O)N3CCOCC3)ccc21. The molecule has 0 atom stereocenters. The Morgan fingerprint density at radius 2 is 1.68 bits per heavy atom. The molecule has 8 heteroatoms. The summed E-state index contributed by atoms with van der Waals surface area (Å²) in [7, 11) is -3.51. The van der Waals surface area contributed by atoms with Crippen LogP contribution >= 0.6 is 0 Å². The van der Waals surface area contributed by atoms with E-state index < -0.39 is 10.0 Å². The maximum absolute atomic E-state index is 12.9. The Labute approximate surface area is 167 Å². The van der Waals surface area contributed by atoms with Crippen molar-refractivity contribution in [2.45, 2.75) is 37.0 Å². The molecular weight excluding hydrogens is 378 g/mol. The van der Waals surface area contributed by atoms with Gasteiger partial charge in [-0.1, -0.05) is 12.8 Å². The van der Waals surface area contributed by atoms with E-state index in [1.165, 1.54) is 17.1 Å². The second-order valence-electron chi connectivity index (χ2n) is 7.79. The van der Waals surface area contributed by atoms with E-state index in [-0.39, 0.29) is 5.91 Å². The van der Waals surface area contributed by atoms with Crippen LogP contribution in [0, 0.1) is 0 Å². The molecule has 0 unspecified atom stereocenters. The summed E-state index contributed by atoms with van der Waals surface area (Å²) in [6.07, 6.45) is 5.52. The van der Waals surface area contributed by atoms with E-state index in [0.29, 0.717) is 50.7 Å². The van der Waals surface area contributed by atoms with E-state index in [2.05, 4.69) is 4.90 Å². The zero-order valence-electron chi connectivity index (χ0n) is 16.3. The second-order valence-corrected chi connectivity index (χ2v) is 9.73. The second kappa shape index (κ2) is 8.49. The Hall–Kier alpha value is -1.48. The third kappa shape index (κ3) is 4.10. The van der Waals surface area contributed by atoms with Crippen LogP contribution in [0.3, 0.4) is 0 Å². The van der Waals surface area contributed by atoms with Gasteiger partial charge in [-0.15, -0.1) is 0 Å². The van der Waals surface area contributed by atoms with E-state index >= 15 is 0 Å². The molecule has 0 N–H and O–H groups in total. The number of anilines is 1. The Morgan fingerprint density at radius 3 is 2.39 bits per heavy atom. The lowest BCUT2D eigenvalue weighted by atomic mass is 10.2. The zero-order chi connectivity index (χ0) is 19.6. The fourth-order valence-electron chi connectivity index (χ4n) is 4.30. The van der Waals surface area contributed by atoms with E-state index in [9.17, 15) is 13.2 Å². The number of hydrogen-bond donors (Lipinski definition) is 0. The molecule has 4 rings (SSSR count). The van der Waals surface area contributed by atoms with Crippen molar-refractivity contribution in [3.63, 3.8) is 0 Å². The Morgan fingerprint density at radius 1 is 0.964 bits per heavy atom. The number of carbonyl (C=O) groups excluding carboxylic acids is 1. The average Bonchev–Trinajstić information content (AvgIpc) is 2.97. The monoisotopic (exact) mass is 407 g/mol. The minimum Gasteiger partial charge on any atom is -0.379 e. The van der Waals surface area contributed by atoms with Crippen LogP contribution in [0.4, 0.5) is 5.69 Å². The summed E-state index contributed by atoms with van der Waals surface area (Å²) in [6, 6.07) is 5.19. The van der Waals surface area contributed by atoms with Crippen molar-refractivity contribution in [2.24, 2.45) is 0 Å². The fraction of sp³-hybridized carbons (Fsp3) is 0.650. The first-order valence-corrected chi connectivity index (χ1v) is 11.7. The van der Waals surface area contributed by atoms with Gasteiger partial charge in [0.05, 0.1) is 24.7 Å². The van der Waals surface area contributed by atoms with Crippen LogP contribution in [0.2, 0.25) is 0 Å². The summed E-state index contributed by atoms with van der Waals surface area (Å²) < 4.78 is 32.5. The lowest BCUT2D eigenvalue weighted by Gasteiger charge is -2.26. The third-order valence-corrected chi connectivity index (χ3v) is 7.81.